The molecule has 0 aromatic carbocycles. The van der Waals surface area contributed by atoms with Crippen molar-refractivity contribution in [1.29, 1.82) is 0 Å². The van der Waals surface area contributed by atoms with Gasteiger partial charge < -0.3 is 4.74 Å². The third kappa shape index (κ3) is 2.48. The fourth-order valence-corrected chi connectivity index (χ4v) is 2.49. The Labute approximate surface area is 102 Å². The van der Waals surface area contributed by atoms with Gasteiger partial charge in [0.1, 0.15) is 0 Å². The van der Waals surface area contributed by atoms with Crippen molar-refractivity contribution in [1.82, 2.24) is 4.98 Å². The summed E-state index contributed by atoms with van der Waals surface area (Å²) in [6.45, 7) is 4.45. The number of fused-ring (bicyclic) bond motifs is 1. The van der Waals surface area contributed by atoms with Crippen LogP contribution in [0.15, 0.2) is 12.3 Å². The molecule has 0 saturated heterocycles. The third-order valence-corrected chi connectivity index (χ3v) is 3.51. The zero-order valence-corrected chi connectivity index (χ0v) is 10.5. The summed E-state index contributed by atoms with van der Waals surface area (Å²) in [7, 11) is 0. The van der Waals surface area contributed by atoms with Gasteiger partial charge in [0, 0.05) is 6.20 Å². The molecule has 1 aromatic heterocycles. The van der Waals surface area contributed by atoms with Gasteiger partial charge in [0.15, 0.2) is 5.69 Å². The van der Waals surface area contributed by atoms with Gasteiger partial charge in [0.25, 0.3) is 0 Å². The van der Waals surface area contributed by atoms with Crippen LogP contribution in [0.4, 0.5) is 0 Å². The van der Waals surface area contributed by atoms with E-state index in [9.17, 15) is 4.79 Å². The summed E-state index contributed by atoms with van der Waals surface area (Å²) >= 11 is 0. The monoisotopic (exact) mass is 233 g/mol. The molecule has 0 amide bonds. The molecule has 0 radical (unpaired) electrons. The van der Waals surface area contributed by atoms with Crippen molar-refractivity contribution in [2.45, 2.75) is 39.5 Å². The molecule has 0 fully saturated rings. The number of carbonyl (C=O) groups excluding carboxylic acids is 1. The van der Waals surface area contributed by atoms with Gasteiger partial charge in [0.2, 0.25) is 0 Å². The van der Waals surface area contributed by atoms with Gasteiger partial charge in [-0.15, -0.1) is 0 Å². The summed E-state index contributed by atoms with van der Waals surface area (Å²) in [6, 6.07) is 2.04. The van der Waals surface area contributed by atoms with E-state index in [0.29, 0.717) is 12.3 Å². The minimum absolute atomic E-state index is 0.278. The van der Waals surface area contributed by atoms with Crippen molar-refractivity contribution < 1.29 is 9.53 Å². The molecule has 17 heavy (non-hydrogen) atoms. The fourth-order valence-electron chi connectivity index (χ4n) is 2.49. The van der Waals surface area contributed by atoms with Gasteiger partial charge >= 0.3 is 5.97 Å². The smallest absolute Gasteiger partial charge is 0.357 e. The first-order valence-corrected chi connectivity index (χ1v) is 6.40. The highest BCUT2D eigenvalue weighted by molar-refractivity contribution is 5.89. The Morgan fingerprint density at radius 1 is 1.53 bits per heavy atom. The van der Waals surface area contributed by atoms with Crippen molar-refractivity contribution in [2.75, 3.05) is 6.61 Å². The largest absolute Gasteiger partial charge is 0.461 e. The number of hydrogen-bond acceptors (Lipinski definition) is 3. The maximum Gasteiger partial charge on any atom is 0.357 e. The predicted octanol–water partition coefficient (Wildman–Crippen LogP) is 2.77. The number of carbonyl (C=O) groups is 1. The molecule has 0 N–H and O–H groups in total. The Bertz CT molecular complexity index is 415. The summed E-state index contributed by atoms with van der Waals surface area (Å²) in [5.74, 6) is 0.472. The van der Waals surface area contributed by atoms with Crippen molar-refractivity contribution in [3.63, 3.8) is 0 Å². The highest BCUT2D eigenvalue weighted by atomic mass is 16.5. The topological polar surface area (TPSA) is 39.2 Å². The maximum atomic E-state index is 11.8. The summed E-state index contributed by atoms with van der Waals surface area (Å²) in [6.07, 6.45) is 6.11. The number of rotatable bonds is 3. The van der Waals surface area contributed by atoms with E-state index in [2.05, 4.69) is 11.9 Å². The molecular formula is C14H19NO2. The van der Waals surface area contributed by atoms with Gasteiger partial charge in [-0.1, -0.05) is 13.3 Å². The maximum absolute atomic E-state index is 11.8. The zero-order valence-electron chi connectivity index (χ0n) is 10.5. The summed E-state index contributed by atoms with van der Waals surface area (Å²) in [5, 5.41) is 0. The number of nitrogens with zero attached hydrogens (tertiary/aromatic N) is 1. The van der Waals surface area contributed by atoms with E-state index in [1.54, 1.807) is 6.20 Å². The van der Waals surface area contributed by atoms with Crippen molar-refractivity contribution in [3.8, 4) is 0 Å². The molecule has 92 valence electrons. The zero-order chi connectivity index (χ0) is 12.3. The molecule has 0 unspecified atom stereocenters. The molecule has 0 aliphatic heterocycles. The van der Waals surface area contributed by atoms with E-state index >= 15 is 0 Å². The van der Waals surface area contributed by atoms with Crippen molar-refractivity contribution in [2.24, 2.45) is 5.92 Å². The number of pyridine rings is 1. The lowest BCUT2D eigenvalue weighted by atomic mass is 9.82. The van der Waals surface area contributed by atoms with Crippen LogP contribution in [0.1, 0.15) is 48.3 Å². The molecular weight excluding hydrogens is 214 g/mol. The SMILES string of the molecule is CCOC(=O)c1nccc2c1CC[C@@H](CC)C2. The molecule has 2 rings (SSSR count). The van der Waals surface area contributed by atoms with Crippen LogP contribution in [0, 0.1) is 5.92 Å². The quantitative estimate of drug-likeness (QED) is 0.753. The fraction of sp³-hybridized carbons (Fsp3) is 0.571. The minimum atomic E-state index is -0.278. The molecule has 1 aromatic rings. The van der Waals surface area contributed by atoms with Crippen molar-refractivity contribution >= 4 is 5.97 Å². The Hall–Kier alpha value is -1.38. The van der Waals surface area contributed by atoms with Gasteiger partial charge in [-0.05, 0) is 49.3 Å². The van der Waals surface area contributed by atoms with Crippen LogP contribution in [0.25, 0.3) is 0 Å². The van der Waals surface area contributed by atoms with Gasteiger partial charge in [-0.25, -0.2) is 9.78 Å². The molecule has 3 nitrogen and oxygen atoms in total. The lowest BCUT2D eigenvalue weighted by Gasteiger charge is -2.24. The summed E-state index contributed by atoms with van der Waals surface area (Å²) < 4.78 is 5.05. The van der Waals surface area contributed by atoms with Crippen LogP contribution in [0.5, 0.6) is 0 Å². The Morgan fingerprint density at radius 2 is 2.35 bits per heavy atom. The number of ether oxygens (including phenoxy) is 1. The second-order valence-corrected chi connectivity index (χ2v) is 4.53. The van der Waals surface area contributed by atoms with Crippen molar-refractivity contribution in [3.05, 3.63) is 29.1 Å². The van der Waals surface area contributed by atoms with Crippen LogP contribution in [0.3, 0.4) is 0 Å². The first kappa shape index (κ1) is 12.1. The lowest BCUT2D eigenvalue weighted by molar-refractivity contribution is 0.0517. The van der Waals surface area contributed by atoms with E-state index in [1.165, 1.54) is 12.0 Å². The number of aromatic nitrogens is 1. The Morgan fingerprint density at radius 3 is 3.06 bits per heavy atom. The van der Waals surface area contributed by atoms with Crippen LogP contribution in [-0.2, 0) is 17.6 Å². The van der Waals surface area contributed by atoms with Gasteiger partial charge in [-0.3, -0.25) is 0 Å². The standard InChI is InChI=1S/C14H19NO2/c1-3-10-5-6-12-11(9-10)7-8-15-13(12)14(16)17-4-2/h7-8,10H,3-6,9H2,1-2H3/t10-/m1/s1. The predicted molar refractivity (Wildman–Crippen MR) is 66.0 cm³/mol. The molecule has 1 aliphatic rings. The third-order valence-electron chi connectivity index (χ3n) is 3.51. The van der Waals surface area contributed by atoms with Gasteiger partial charge in [0.05, 0.1) is 6.61 Å². The van der Waals surface area contributed by atoms with E-state index in [-0.39, 0.29) is 5.97 Å². The van der Waals surface area contributed by atoms with E-state index in [4.69, 9.17) is 4.74 Å². The molecule has 1 atom stereocenters. The molecule has 3 heteroatoms. The first-order valence-electron chi connectivity index (χ1n) is 6.40. The lowest BCUT2D eigenvalue weighted by Crippen LogP contribution is -2.19. The number of hydrogen-bond donors (Lipinski definition) is 0. The van der Waals surface area contributed by atoms with E-state index in [1.807, 2.05) is 13.0 Å². The van der Waals surface area contributed by atoms with Crippen LogP contribution < -0.4 is 0 Å². The van der Waals surface area contributed by atoms with Crippen LogP contribution in [0.2, 0.25) is 0 Å². The molecule has 0 bridgehead atoms. The highest BCUT2D eigenvalue weighted by Gasteiger charge is 2.23. The second kappa shape index (κ2) is 5.30. The second-order valence-electron chi connectivity index (χ2n) is 4.53. The summed E-state index contributed by atoms with van der Waals surface area (Å²) in [5.41, 5.74) is 2.91. The molecule has 0 saturated carbocycles. The Balaban J connectivity index is 2.28. The van der Waals surface area contributed by atoms with Gasteiger partial charge in [-0.2, -0.15) is 0 Å². The van der Waals surface area contributed by atoms with Crippen LogP contribution >= 0.6 is 0 Å². The Kier molecular flexibility index (Phi) is 3.77. The van der Waals surface area contributed by atoms with E-state index < -0.39 is 0 Å². The minimum Gasteiger partial charge on any atom is -0.461 e. The molecule has 1 heterocycles. The average molecular weight is 233 g/mol. The van der Waals surface area contributed by atoms with Crippen LogP contribution in [-0.4, -0.2) is 17.6 Å². The summed E-state index contributed by atoms with van der Waals surface area (Å²) in [4.78, 5) is 16.0. The highest BCUT2D eigenvalue weighted by Crippen LogP contribution is 2.28. The normalized spacial score (nSPS) is 18.6. The number of esters is 1. The molecule has 1 aliphatic carbocycles. The first-order chi connectivity index (χ1) is 8.26. The average Bonchev–Trinajstić information content (AvgIpc) is 2.37. The van der Waals surface area contributed by atoms with E-state index in [0.717, 1.165) is 30.7 Å². The molecule has 0 spiro atoms.